The van der Waals surface area contributed by atoms with Crippen LogP contribution in [0.4, 0.5) is 4.79 Å². The molecular formula is C19H23NO6S. The topological polar surface area (TPSA) is 82.1 Å². The van der Waals surface area contributed by atoms with E-state index in [0.717, 1.165) is 16.7 Å². The summed E-state index contributed by atoms with van der Waals surface area (Å²) < 4.78 is 16.0. The molecule has 0 radical (unpaired) electrons. The average Bonchev–Trinajstić information content (AvgIpc) is 2.91. The highest BCUT2D eigenvalue weighted by Gasteiger charge is 2.41. The van der Waals surface area contributed by atoms with Crippen LogP contribution in [0.1, 0.15) is 33.3 Å². The number of thioether (sulfide) groups is 1. The lowest BCUT2D eigenvalue weighted by molar-refractivity contribution is -0.150. The minimum absolute atomic E-state index is 0.180. The second kappa shape index (κ2) is 9.45. The van der Waals surface area contributed by atoms with Gasteiger partial charge < -0.3 is 14.2 Å². The Morgan fingerprint density at radius 3 is 2.48 bits per heavy atom. The molecule has 0 N–H and O–H groups in total. The Bertz CT molecular complexity index is 761. The third-order valence-electron chi connectivity index (χ3n) is 3.72. The Balaban J connectivity index is 2.30. The molecule has 1 aromatic rings. The minimum atomic E-state index is -0.977. The van der Waals surface area contributed by atoms with Crippen LogP contribution in [0.3, 0.4) is 0 Å². The minimum Gasteiger partial charge on any atom is -0.494 e. The first kappa shape index (κ1) is 20.8. The number of hydrogen-bond acceptors (Lipinski definition) is 7. The summed E-state index contributed by atoms with van der Waals surface area (Å²) in [4.78, 5) is 37.9. The molecule has 1 saturated heterocycles. The van der Waals surface area contributed by atoms with Crippen LogP contribution in [0, 0.1) is 0 Å². The third kappa shape index (κ3) is 4.82. The van der Waals surface area contributed by atoms with Crippen molar-refractivity contribution >= 4 is 35.0 Å². The number of hydrogen-bond donors (Lipinski definition) is 0. The molecule has 0 aliphatic carbocycles. The fourth-order valence-electron chi connectivity index (χ4n) is 2.49. The third-order valence-corrected chi connectivity index (χ3v) is 4.60. The van der Waals surface area contributed by atoms with Crippen molar-refractivity contribution in [3.05, 3.63) is 28.7 Å². The fraction of sp³-hybridized carbons (Fsp3) is 0.421. The Kier molecular flexibility index (Phi) is 7.29. The van der Waals surface area contributed by atoms with Gasteiger partial charge in [0.25, 0.3) is 11.1 Å². The molecule has 0 spiro atoms. The van der Waals surface area contributed by atoms with Crippen LogP contribution in [0.15, 0.2) is 23.1 Å². The van der Waals surface area contributed by atoms with Crippen molar-refractivity contribution in [3.63, 3.8) is 0 Å². The first-order valence-electron chi connectivity index (χ1n) is 8.76. The number of ether oxygens (including phenoxy) is 3. The van der Waals surface area contributed by atoms with Crippen LogP contribution in [-0.2, 0) is 14.3 Å². The van der Waals surface area contributed by atoms with E-state index in [1.807, 2.05) is 13.8 Å². The highest BCUT2D eigenvalue weighted by atomic mass is 32.2. The first-order chi connectivity index (χ1) is 12.9. The molecule has 1 atom stereocenters. The molecule has 7 nitrogen and oxygen atoms in total. The second-order valence-electron chi connectivity index (χ2n) is 5.55. The van der Waals surface area contributed by atoms with Gasteiger partial charge in [-0.1, -0.05) is 0 Å². The zero-order chi connectivity index (χ0) is 20.0. The fourth-order valence-corrected chi connectivity index (χ4v) is 3.39. The molecule has 8 heteroatoms. The van der Waals surface area contributed by atoms with Crippen molar-refractivity contribution in [2.45, 2.75) is 33.7 Å². The summed E-state index contributed by atoms with van der Waals surface area (Å²) in [5.74, 6) is 0.0647. The van der Waals surface area contributed by atoms with E-state index in [-0.39, 0.29) is 11.5 Å². The zero-order valence-electron chi connectivity index (χ0n) is 15.8. The van der Waals surface area contributed by atoms with Gasteiger partial charge in [-0.05, 0) is 57.7 Å². The maximum absolute atomic E-state index is 12.7. The molecule has 1 aromatic carbocycles. The molecule has 2 rings (SSSR count). The molecule has 1 aliphatic rings. The number of benzene rings is 1. The molecule has 1 unspecified atom stereocenters. The van der Waals surface area contributed by atoms with E-state index in [2.05, 4.69) is 0 Å². The highest BCUT2D eigenvalue weighted by Crippen LogP contribution is 2.36. The van der Waals surface area contributed by atoms with Crippen LogP contribution in [0.25, 0.3) is 6.08 Å². The van der Waals surface area contributed by atoms with Crippen molar-refractivity contribution in [3.8, 4) is 11.5 Å². The largest absolute Gasteiger partial charge is 0.494 e. The standard InChI is InChI=1S/C19H23NO6S/c1-5-24-14-9-8-13(15(11-14)25-6-2)10-16-17(21)20(19(23)27-16)12(4)18(22)26-7-3/h8-12H,5-7H2,1-4H3/b16-10+. The maximum Gasteiger partial charge on any atom is 0.329 e. The molecule has 146 valence electrons. The average molecular weight is 393 g/mol. The van der Waals surface area contributed by atoms with Gasteiger partial charge in [-0.2, -0.15) is 0 Å². The van der Waals surface area contributed by atoms with Crippen molar-refractivity contribution in [1.29, 1.82) is 0 Å². The van der Waals surface area contributed by atoms with Crippen molar-refractivity contribution in [2.75, 3.05) is 19.8 Å². The number of rotatable bonds is 8. The smallest absolute Gasteiger partial charge is 0.329 e. The summed E-state index contributed by atoms with van der Waals surface area (Å²) in [6.07, 6.45) is 1.59. The quantitative estimate of drug-likeness (QED) is 0.494. The van der Waals surface area contributed by atoms with E-state index in [1.165, 1.54) is 6.92 Å². The lowest BCUT2D eigenvalue weighted by atomic mass is 10.1. The summed E-state index contributed by atoms with van der Waals surface area (Å²) in [7, 11) is 0. The monoisotopic (exact) mass is 393 g/mol. The summed E-state index contributed by atoms with van der Waals surface area (Å²) in [6, 6.07) is 4.29. The number of carbonyl (C=O) groups excluding carboxylic acids is 3. The molecule has 1 heterocycles. The number of amides is 2. The van der Waals surface area contributed by atoms with E-state index in [0.29, 0.717) is 30.3 Å². The molecule has 1 aliphatic heterocycles. The number of imide groups is 1. The normalized spacial score (nSPS) is 16.6. The van der Waals surface area contributed by atoms with Gasteiger partial charge in [-0.15, -0.1) is 0 Å². The van der Waals surface area contributed by atoms with Gasteiger partial charge in [0.15, 0.2) is 0 Å². The summed E-state index contributed by atoms with van der Waals surface area (Å²) in [5.41, 5.74) is 0.648. The van der Waals surface area contributed by atoms with Crippen LogP contribution in [0.2, 0.25) is 0 Å². The molecule has 0 aromatic heterocycles. The van der Waals surface area contributed by atoms with Gasteiger partial charge >= 0.3 is 5.97 Å². The first-order valence-corrected chi connectivity index (χ1v) is 9.57. The number of nitrogens with zero attached hydrogens (tertiary/aromatic N) is 1. The summed E-state index contributed by atoms with van der Waals surface area (Å²) in [5, 5.41) is -0.504. The predicted molar refractivity (Wildman–Crippen MR) is 103 cm³/mol. The van der Waals surface area contributed by atoms with Crippen LogP contribution >= 0.6 is 11.8 Å². The van der Waals surface area contributed by atoms with E-state index in [1.54, 1.807) is 31.2 Å². The highest BCUT2D eigenvalue weighted by molar-refractivity contribution is 8.18. The van der Waals surface area contributed by atoms with Crippen molar-refractivity contribution in [2.24, 2.45) is 0 Å². The second-order valence-corrected chi connectivity index (χ2v) is 6.54. The lowest BCUT2D eigenvalue weighted by Gasteiger charge is -2.19. The Morgan fingerprint density at radius 1 is 1.15 bits per heavy atom. The molecule has 1 fully saturated rings. The Morgan fingerprint density at radius 2 is 1.85 bits per heavy atom. The SMILES string of the molecule is CCOC(=O)C(C)N1C(=O)S/C(=C/c2ccc(OCC)cc2OCC)C1=O. The molecular weight excluding hydrogens is 370 g/mol. The van der Waals surface area contributed by atoms with Crippen LogP contribution in [-0.4, -0.2) is 47.9 Å². The van der Waals surface area contributed by atoms with Gasteiger partial charge in [-0.25, -0.2) is 4.79 Å². The lowest BCUT2D eigenvalue weighted by Crippen LogP contribution is -2.42. The van der Waals surface area contributed by atoms with E-state index in [4.69, 9.17) is 14.2 Å². The van der Waals surface area contributed by atoms with E-state index < -0.39 is 23.2 Å². The predicted octanol–water partition coefficient (Wildman–Crippen LogP) is 3.47. The van der Waals surface area contributed by atoms with Crippen molar-refractivity contribution < 1.29 is 28.6 Å². The molecule has 27 heavy (non-hydrogen) atoms. The molecule has 0 saturated carbocycles. The van der Waals surface area contributed by atoms with E-state index >= 15 is 0 Å². The van der Waals surface area contributed by atoms with E-state index in [9.17, 15) is 14.4 Å². The maximum atomic E-state index is 12.7. The van der Waals surface area contributed by atoms with Crippen LogP contribution in [0.5, 0.6) is 11.5 Å². The number of carbonyl (C=O) groups is 3. The van der Waals surface area contributed by atoms with Gasteiger partial charge in [-0.3, -0.25) is 14.5 Å². The summed E-state index contributed by atoms with van der Waals surface area (Å²) >= 11 is 0.786. The van der Waals surface area contributed by atoms with Crippen LogP contribution < -0.4 is 9.47 Å². The Labute approximate surface area is 162 Å². The van der Waals surface area contributed by atoms with Gasteiger partial charge in [0.2, 0.25) is 0 Å². The zero-order valence-corrected chi connectivity index (χ0v) is 16.6. The summed E-state index contributed by atoms with van der Waals surface area (Å²) in [6.45, 7) is 8.02. The van der Waals surface area contributed by atoms with Gasteiger partial charge in [0.1, 0.15) is 17.5 Å². The van der Waals surface area contributed by atoms with Crippen molar-refractivity contribution in [1.82, 2.24) is 4.90 Å². The molecule has 2 amide bonds. The Hall–Kier alpha value is -2.48. The molecule has 0 bridgehead atoms. The number of esters is 1. The van der Waals surface area contributed by atoms with Gasteiger partial charge in [0, 0.05) is 11.6 Å². The van der Waals surface area contributed by atoms with Gasteiger partial charge in [0.05, 0.1) is 24.7 Å².